The zero-order valence-corrected chi connectivity index (χ0v) is 18.9. The number of benzene rings is 1. The van der Waals surface area contributed by atoms with Gasteiger partial charge in [-0.05, 0) is 56.7 Å². The number of nitrogens with zero attached hydrogens (tertiary/aromatic N) is 1. The first-order valence-electron chi connectivity index (χ1n) is 10.4. The van der Waals surface area contributed by atoms with Gasteiger partial charge in [0, 0.05) is 24.9 Å². The molecule has 1 aliphatic heterocycles. The van der Waals surface area contributed by atoms with Crippen molar-refractivity contribution in [2.24, 2.45) is 0 Å². The fraction of sp³-hybridized carbons (Fsp3) is 0.609. The summed E-state index contributed by atoms with van der Waals surface area (Å²) in [5.74, 6) is 0.602. The second kappa shape index (κ2) is 12.1. The van der Waals surface area contributed by atoms with Crippen molar-refractivity contribution in [2.45, 2.75) is 79.6 Å². The van der Waals surface area contributed by atoms with Crippen LogP contribution in [0.2, 0.25) is 5.02 Å². The van der Waals surface area contributed by atoms with Gasteiger partial charge in [-0.1, -0.05) is 57.7 Å². The van der Waals surface area contributed by atoms with Crippen molar-refractivity contribution in [3.63, 3.8) is 0 Å². The summed E-state index contributed by atoms with van der Waals surface area (Å²) < 4.78 is 0. The van der Waals surface area contributed by atoms with E-state index in [1.54, 1.807) is 0 Å². The van der Waals surface area contributed by atoms with Crippen molar-refractivity contribution < 1.29 is 0 Å². The molecule has 1 aliphatic rings. The van der Waals surface area contributed by atoms with E-state index in [0.29, 0.717) is 5.84 Å². The molecule has 0 aliphatic carbocycles. The van der Waals surface area contributed by atoms with E-state index in [1.807, 2.05) is 13.1 Å². The smallest absolute Gasteiger partial charge is 0.130 e. The SMILES string of the molecule is CCCC.CCCC/C(NC)=C1\CCCN(c2c(C)cc(C)cc2Cl)C1=N. The van der Waals surface area contributed by atoms with Crippen LogP contribution >= 0.6 is 11.6 Å². The lowest BCUT2D eigenvalue weighted by molar-refractivity contribution is 0.709. The number of hydrogen-bond acceptors (Lipinski definition) is 2. The minimum atomic E-state index is 0.602. The maximum absolute atomic E-state index is 8.73. The third-order valence-corrected chi connectivity index (χ3v) is 5.27. The molecular formula is C23H38ClN3. The Balaban J connectivity index is 0.000000828. The van der Waals surface area contributed by atoms with E-state index in [4.69, 9.17) is 17.0 Å². The Labute approximate surface area is 171 Å². The zero-order valence-electron chi connectivity index (χ0n) is 18.1. The van der Waals surface area contributed by atoms with Gasteiger partial charge in [0.2, 0.25) is 0 Å². The summed E-state index contributed by atoms with van der Waals surface area (Å²) in [5, 5.41) is 12.8. The van der Waals surface area contributed by atoms with E-state index >= 15 is 0 Å². The predicted octanol–water partition coefficient (Wildman–Crippen LogP) is 7.00. The second-order valence-corrected chi connectivity index (χ2v) is 7.73. The molecule has 0 spiro atoms. The fourth-order valence-corrected chi connectivity index (χ4v) is 3.78. The summed E-state index contributed by atoms with van der Waals surface area (Å²) in [6.07, 6.45) is 7.99. The van der Waals surface area contributed by atoms with Crippen LogP contribution in [0.1, 0.15) is 76.8 Å². The Morgan fingerprint density at radius 2 is 1.81 bits per heavy atom. The predicted molar refractivity (Wildman–Crippen MR) is 121 cm³/mol. The highest BCUT2D eigenvalue weighted by Gasteiger charge is 2.26. The van der Waals surface area contributed by atoms with Gasteiger partial charge in [0.15, 0.2) is 0 Å². The normalized spacial score (nSPS) is 16.0. The molecule has 0 radical (unpaired) electrons. The van der Waals surface area contributed by atoms with Gasteiger partial charge < -0.3 is 10.2 Å². The molecular weight excluding hydrogens is 354 g/mol. The molecule has 152 valence electrons. The molecule has 0 bridgehead atoms. The molecule has 0 aromatic heterocycles. The molecule has 1 fully saturated rings. The molecule has 0 atom stereocenters. The van der Waals surface area contributed by atoms with Gasteiger partial charge >= 0.3 is 0 Å². The Morgan fingerprint density at radius 3 is 2.33 bits per heavy atom. The molecule has 3 nitrogen and oxygen atoms in total. The molecule has 0 saturated carbocycles. The molecule has 2 rings (SSSR count). The van der Waals surface area contributed by atoms with Crippen LogP contribution in [-0.2, 0) is 0 Å². The summed E-state index contributed by atoms with van der Waals surface area (Å²) in [7, 11) is 1.97. The molecule has 0 unspecified atom stereocenters. The van der Waals surface area contributed by atoms with Crippen LogP contribution in [0.25, 0.3) is 0 Å². The number of anilines is 1. The van der Waals surface area contributed by atoms with E-state index in [2.05, 4.69) is 50.9 Å². The van der Waals surface area contributed by atoms with Crippen molar-refractivity contribution in [1.29, 1.82) is 5.41 Å². The fourth-order valence-electron chi connectivity index (χ4n) is 3.35. The monoisotopic (exact) mass is 391 g/mol. The highest BCUT2D eigenvalue weighted by Crippen LogP contribution is 2.35. The van der Waals surface area contributed by atoms with Crippen LogP contribution in [0, 0.1) is 19.3 Å². The van der Waals surface area contributed by atoms with Crippen LogP contribution in [0.15, 0.2) is 23.4 Å². The van der Waals surface area contributed by atoms with E-state index < -0.39 is 0 Å². The number of amidine groups is 1. The second-order valence-electron chi connectivity index (χ2n) is 7.33. The van der Waals surface area contributed by atoms with Crippen molar-refractivity contribution in [1.82, 2.24) is 5.32 Å². The molecule has 1 heterocycles. The van der Waals surface area contributed by atoms with Crippen molar-refractivity contribution in [2.75, 3.05) is 18.5 Å². The van der Waals surface area contributed by atoms with Gasteiger partial charge in [0.25, 0.3) is 0 Å². The number of piperidine rings is 1. The Bertz CT molecular complexity index is 624. The minimum absolute atomic E-state index is 0.602. The summed E-state index contributed by atoms with van der Waals surface area (Å²) in [5.41, 5.74) is 5.64. The van der Waals surface area contributed by atoms with Gasteiger partial charge in [-0.2, -0.15) is 0 Å². The molecule has 1 aromatic rings. The Kier molecular flexibility index (Phi) is 10.5. The van der Waals surface area contributed by atoms with Crippen LogP contribution in [-0.4, -0.2) is 19.4 Å². The highest BCUT2D eigenvalue weighted by molar-refractivity contribution is 6.34. The summed E-state index contributed by atoms with van der Waals surface area (Å²) in [4.78, 5) is 2.08. The van der Waals surface area contributed by atoms with Crippen LogP contribution in [0.3, 0.4) is 0 Å². The zero-order chi connectivity index (χ0) is 20.4. The Hall–Kier alpha value is -1.48. The first kappa shape index (κ1) is 23.6. The van der Waals surface area contributed by atoms with Gasteiger partial charge in [-0.3, -0.25) is 5.41 Å². The number of rotatable bonds is 6. The topological polar surface area (TPSA) is 39.1 Å². The maximum atomic E-state index is 8.73. The number of aryl methyl sites for hydroxylation is 2. The van der Waals surface area contributed by atoms with E-state index in [0.717, 1.165) is 59.6 Å². The van der Waals surface area contributed by atoms with Gasteiger partial charge in [-0.25, -0.2) is 0 Å². The minimum Gasteiger partial charge on any atom is -0.391 e. The lowest BCUT2D eigenvalue weighted by Crippen LogP contribution is -2.38. The molecule has 0 amide bonds. The summed E-state index contributed by atoms with van der Waals surface area (Å²) in [6, 6.07) is 4.13. The first-order chi connectivity index (χ1) is 12.9. The molecule has 1 aromatic carbocycles. The largest absolute Gasteiger partial charge is 0.391 e. The third-order valence-electron chi connectivity index (χ3n) is 4.98. The molecule has 27 heavy (non-hydrogen) atoms. The number of halogens is 1. The maximum Gasteiger partial charge on any atom is 0.130 e. The van der Waals surface area contributed by atoms with Gasteiger partial charge in [0.05, 0.1) is 10.7 Å². The van der Waals surface area contributed by atoms with Crippen LogP contribution in [0.5, 0.6) is 0 Å². The standard InChI is InChI=1S/C19H28ClN3.C4H10/c1-5-6-9-17(22-4)15-8-7-10-23(19(15)21)18-14(3)11-13(2)12-16(18)20;1-3-4-2/h11-12,21-22H,5-10H2,1-4H3;3-4H2,1-2H3/b17-15-,21-19?;. The lowest BCUT2D eigenvalue weighted by Gasteiger charge is -2.34. The quantitative estimate of drug-likeness (QED) is 0.547. The number of unbranched alkanes of at least 4 members (excludes halogenated alkanes) is 2. The molecule has 2 N–H and O–H groups in total. The van der Waals surface area contributed by atoms with E-state index in [1.165, 1.54) is 25.0 Å². The average molecular weight is 392 g/mol. The lowest BCUT2D eigenvalue weighted by atomic mass is 9.97. The van der Waals surface area contributed by atoms with Crippen molar-refractivity contribution in [3.8, 4) is 0 Å². The van der Waals surface area contributed by atoms with Crippen molar-refractivity contribution in [3.05, 3.63) is 39.6 Å². The van der Waals surface area contributed by atoms with Crippen LogP contribution < -0.4 is 10.2 Å². The van der Waals surface area contributed by atoms with E-state index in [-0.39, 0.29) is 0 Å². The molecule has 4 heteroatoms. The summed E-state index contributed by atoms with van der Waals surface area (Å²) >= 11 is 6.51. The molecule has 1 saturated heterocycles. The highest BCUT2D eigenvalue weighted by atomic mass is 35.5. The van der Waals surface area contributed by atoms with Gasteiger partial charge in [0.1, 0.15) is 5.84 Å². The van der Waals surface area contributed by atoms with Crippen LogP contribution in [0.4, 0.5) is 5.69 Å². The number of nitrogens with one attached hydrogen (secondary N) is 2. The number of allylic oxidation sites excluding steroid dienone is 1. The Morgan fingerprint density at radius 1 is 1.15 bits per heavy atom. The van der Waals surface area contributed by atoms with Crippen molar-refractivity contribution >= 4 is 23.1 Å². The van der Waals surface area contributed by atoms with Gasteiger partial charge in [-0.15, -0.1) is 0 Å². The average Bonchev–Trinajstić information content (AvgIpc) is 2.64. The van der Waals surface area contributed by atoms with E-state index in [9.17, 15) is 0 Å². The third kappa shape index (κ3) is 6.57. The number of hydrogen-bond donors (Lipinski definition) is 2. The first-order valence-corrected chi connectivity index (χ1v) is 10.8. The summed E-state index contributed by atoms with van der Waals surface area (Å²) in [6.45, 7) is 11.6.